The van der Waals surface area contributed by atoms with Crippen LogP contribution < -0.4 is 0 Å². The molecule has 0 aliphatic heterocycles. The minimum absolute atomic E-state index is 0.148. The molecule has 0 amide bonds. The molecule has 67 heavy (non-hydrogen) atoms. The van der Waals surface area contributed by atoms with Gasteiger partial charge in [-0.1, -0.05) is 135 Å². The Morgan fingerprint density at radius 1 is 0.328 bits per heavy atom. The minimum atomic E-state index is -0.148. The highest BCUT2D eigenvalue weighted by molar-refractivity contribution is 6.09. The van der Waals surface area contributed by atoms with Crippen molar-refractivity contribution in [2.75, 3.05) is 0 Å². The summed E-state index contributed by atoms with van der Waals surface area (Å²) in [6.07, 6.45) is 0. The molecule has 0 atom stereocenters. The first-order chi connectivity index (χ1) is 32.7. The van der Waals surface area contributed by atoms with Crippen molar-refractivity contribution in [2.24, 2.45) is 0 Å². The Bertz CT molecular complexity index is 3720. The van der Waals surface area contributed by atoms with E-state index >= 15 is 0 Å². The molecule has 13 rings (SSSR count). The molecule has 1 aliphatic carbocycles. The molecule has 0 radical (unpaired) electrons. The number of hydrogen-bond acceptors (Lipinski definition) is 0. The number of aromatic nitrogens is 4. The van der Waals surface area contributed by atoms with Crippen LogP contribution in [-0.2, 0) is 5.41 Å². The number of nitrogens with zero attached hydrogens (tertiary/aromatic N) is 4. The largest absolute Gasteiger partial charge is 0.313 e. The van der Waals surface area contributed by atoms with Crippen molar-refractivity contribution >= 4 is 43.6 Å². The van der Waals surface area contributed by atoms with Gasteiger partial charge in [0.1, 0.15) is 0 Å². The van der Waals surface area contributed by atoms with Crippen LogP contribution in [0.25, 0.3) is 99.7 Å². The summed E-state index contributed by atoms with van der Waals surface area (Å²) < 4.78 is 9.85. The highest BCUT2D eigenvalue weighted by Crippen LogP contribution is 2.51. The van der Waals surface area contributed by atoms with Gasteiger partial charge < -0.3 is 18.3 Å². The summed E-state index contributed by atoms with van der Waals surface area (Å²) in [4.78, 5) is 0. The molecule has 322 valence electrons. The van der Waals surface area contributed by atoms with E-state index in [4.69, 9.17) is 0 Å². The number of aryl methyl sites for hydroxylation is 4. The summed E-state index contributed by atoms with van der Waals surface area (Å²) in [5.41, 5.74) is 24.6. The monoisotopic (exact) mass is 862 g/mol. The molecule has 1 aliphatic rings. The summed E-state index contributed by atoms with van der Waals surface area (Å²) in [5, 5.41) is 5.00. The van der Waals surface area contributed by atoms with Crippen molar-refractivity contribution in [3.8, 4) is 56.1 Å². The van der Waals surface area contributed by atoms with Crippen LogP contribution in [0.15, 0.2) is 194 Å². The first kappa shape index (κ1) is 39.3. The minimum Gasteiger partial charge on any atom is -0.313 e. The molecule has 8 aromatic carbocycles. The normalized spacial score (nSPS) is 13.0. The lowest BCUT2D eigenvalue weighted by molar-refractivity contribution is 0.660. The molecule has 4 nitrogen and oxygen atoms in total. The van der Waals surface area contributed by atoms with Gasteiger partial charge in [-0.15, -0.1) is 0 Å². The quantitative estimate of drug-likeness (QED) is 0.159. The van der Waals surface area contributed by atoms with E-state index < -0.39 is 0 Å². The Labute approximate surface area is 391 Å². The summed E-state index contributed by atoms with van der Waals surface area (Å²) >= 11 is 0. The van der Waals surface area contributed by atoms with Gasteiger partial charge in [0.2, 0.25) is 0 Å². The SMILES string of the molecule is Cc1cc2c(ccc3cc(C)n(-c4ccc5c(c4)-c4cc(-n6c(C)cc7ccc8c(cc(C)n8-c8ccccc8-c8ccccc8)c76)ccc4C5(C)C)c32)n1-c1ccccc1-c1ccccc1. The van der Waals surface area contributed by atoms with E-state index in [-0.39, 0.29) is 5.41 Å². The number of hydrogen-bond donors (Lipinski definition) is 0. The third-order valence-electron chi connectivity index (χ3n) is 14.8. The zero-order valence-corrected chi connectivity index (χ0v) is 38.8. The van der Waals surface area contributed by atoms with E-state index in [1.54, 1.807) is 0 Å². The van der Waals surface area contributed by atoms with Crippen LogP contribution in [0.3, 0.4) is 0 Å². The highest BCUT2D eigenvalue weighted by Gasteiger charge is 2.36. The molecular weight excluding hydrogens is 813 g/mol. The molecule has 4 aromatic heterocycles. The lowest BCUT2D eigenvalue weighted by Gasteiger charge is -2.22. The van der Waals surface area contributed by atoms with Crippen molar-refractivity contribution in [1.82, 2.24) is 18.3 Å². The van der Waals surface area contributed by atoms with Gasteiger partial charge in [0.25, 0.3) is 0 Å². The van der Waals surface area contributed by atoms with Crippen LogP contribution >= 0.6 is 0 Å². The second-order valence-electron chi connectivity index (χ2n) is 19.2. The topological polar surface area (TPSA) is 19.7 Å². The van der Waals surface area contributed by atoms with Crippen LogP contribution in [0.1, 0.15) is 47.8 Å². The fourth-order valence-electron chi connectivity index (χ4n) is 11.9. The van der Waals surface area contributed by atoms with Crippen molar-refractivity contribution in [3.05, 3.63) is 228 Å². The predicted octanol–water partition coefficient (Wildman–Crippen LogP) is 16.3. The van der Waals surface area contributed by atoms with Crippen molar-refractivity contribution < 1.29 is 0 Å². The highest BCUT2D eigenvalue weighted by atomic mass is 15.0. The zero-order chi connectivity index (χ0) is 45.3. The van der Waals surface area contributed by atoms with E-state index in [9.17, 15) is 0 Å². The maximum absolute atomic E-state index is 2.49. The fourth-order valence-corrected chi connectivity index (χ4v) is 11.9. The summed E-state index contributed by atoms with van der Waals surface area (Å²) in [6.45, 7) is 13.7. The third kappa shape index (κ3) is 5.72. The third-order valence-corrected chi connectivity index (χ3v) is 14.8. The molecule has 0 saturated carbocycles. The van der Waals surface area contributed by atoms with Gasteiger partial charge in [-0.25, -0.2) is 0 Å². The fraction of sp³-hybridized carbons (Fsp3) is 0.111. The smallest absolute Gasteiger partial charge is 0.0625 e. The van der Waals surface area contributed by atoms with Crippen LogP contribution in [0.2, 0.25) is 0 Å². The molecule has 12 aromatic rings. The molecule has 4 heteroatoms. The molecule has 0 N–H and O–H groups in total. The zero-order valence-electron chi connectivity index (χ0n) is 38.8. The van der Waals surface area contributed by atoms with E-state index in [1.807, 2.05) is 0 Å². The molecule has 0 fully saturated rings. The number of benzene rings is 8. The lowest BCUT2D eigenvalue weighted by atomic mass is 9.82. The number of fused-ring (bicyclic) bond motifs is 9. The predicted molar refractivity (Wildman–Crippen MR) is 281 cm³/mol. The summed E-state index contributed by atoms with van der Waals surface area (Å²) in [7, 11) is 0. The molecular formula is C63H50N4. The van der Waals surface area contributed by atoms with Gasteiger partial charge in [-0.05, 0) is 134 Å². The Balaban J connectivity index is 0.961. The Morgan fingerprint density at radius 3 is 1.15 bits per heavy atom. The summed E-state index contributed by atoms with van der Waals surface area (Å²) in [6, 6.07) is 72.1. The van der Waals surface area contributed by atoms with Crippen LogP contribution in [0, 0.1) is 27.7 Å². The van der Waals surface area contributed by atoms with Gasteiger partial charge >= 0.3 is 0 Å². The Hall–Kier alpha value is -8.08. The van der Waals surface area contributed by atoms with Gasteiger partial charge in [-0.3, -0.25) is 0 Å². The second-order valence-corrected chi connectivity index (χ2v) is 19.2. The van der Waals surface area contributed by atoms with Crippen LogP contribution in [-0.4, -0.2) is 18.3 Å². The average Bonchev–Trinajstić information content (AvgIpc) is 4.13. The van der Waals surface area contributed by atoms with Crippen LogP contribution in [0.5, 0.6) is 0 Å². The lowest BCUT2D eigenvalue weighted by Crippen LogP contribution is -2.15. The van der Waals surface area contributed by atoms with Gasteiger partial charge in [0.15, 0.2) is 0 Å². The van der Waals surface area contributed by atoms with Gasteiger partial charge in [-0.2, -0.15) is 0 Å². The molecule has 0 spiro atoms. The van der Waals surface area contributed by atoms with Crippen molar-refractivity contribution in [1.29, 1.82) is 0 Å². The van der Waals surface area contributed by atoms with E-state index in [2.05, 4.69) is 254 Å². The summed E-state index contributed by atoms with van der Waals surface area (Å²) in [5.74, 6) is 0. The maximum atomic E-state index is 2.49. The van der Waals surface area contributed by atoms with E-state index in [0.29, 0.717) is 0 Å². The average molecular weight is 863 g/mol. The standard InChI is InChI=1S/C63H50N4/c1-39-33-45-25-31-59-53(35-41(3)66(59)57-23-15-13-21-49(57)43-17-9-7-10-18-43)61(45)64(39)47-27-29-55-51(37-47)52-38-48(28-30-56(52)63(55,5)6)65-40(2)34-46-26-32-60-54(62(46)65)36-42(4)67(60)58-24-16-14-22-50(58)44-19-11-8-12-20-44/h7-38H,1-6H3. The number of para-hydroxylation sites is 2. The number of rotatable bonds is 6. The Kier molecular flexibility index (Phi) is 8.48. The Morgan fingerprint density at radius 2 is 0.716 bits per heavy atom. The van der Waals surface area contributed by atoms with Gasteiger partial charge in [0, 0.05) is 72.2 Å². The van der Waals surface area contributed by atoms with Crippen molar-refractivity contribution in [2.45, 2.75) is 47.0 Å². The molecule has 4 heterocycles. The molecule has 0 saturated heterocycles. The van der Waals surface area contributed by atoms with Crippen LogP contribution in [0.4, 0.5) is 0 Å². The molecule has 0 bridgehead atoms. The first-order valence-electron chi connectivity index (χ1n) is 23.5. The maximum Gasteiger partial charge on any atom is 0.0625 e. The van der Waals surface area contributed by atoms with Crippen molar-refractivity contribution in [3.63, 3.8) is 0 Å². The molecule has 0 unspecified atom stereocenters. The van der Waals surface area contributed by atoms with E-state index in [0.717, 1.165) is 0 Å². The van der Waals surface area contributed by atoms with E-state index in [1.165, 1.54) is 134 Å². The second kappa shape index (κ2) is 14.5. The first-order valence-corrected chi connectivity index (χ1v) is 23.5. The van der Waals surface area contributed by atoms with Gasteiger partial charge in [0.05, 0.1) is 33.4 Å².